The van der Waals surface area contributed by atoms with Gasteiger partial charge in [0.15, 0.2) is 4.77 Å². The molecule has 1 rings (SSSR count). The van der Waals surface area contributed by atoms with Crippen LogP contribution < -0.4 is 5.32 Å². The number of H-pyrrole nitrogens is 1. The van der Waals surface area contributed by atoms with Crippen molar-refractivity contribution in [2.75, 3.05) is 20.3 Å². The lowest BCUT2D eigenvalue weighted by Crippen LogP contribution is -2.27. The minimum absolute atomic E-state index is 0.00222. The summed E-state index contributed by atoms with van der Waals surface area (Å²) in [6, 6.07) is 0. The average molecular weight is 272 g/mol. The summed E-state index contributed by atoms with van der Waals surface area (Å²) >= 11 is 5.14. The second-order valence-electron chi connectivity index (χ2n) is 3.94. The van der Waals surface area contributed by atoms with Gasteiger partial charge in [-0.1, -0.05) is 6.92 Å². The Kier molecular flexibility index (Phi) is 6.59. The number of aromatic nitrogens is 3. The molecule has 0 aromatic carbocycles. The summed E-state index contributed by atoms with van der Waals surface area (Å²) in [7, 11) is 1.61. The summed E-state index contributed by atoms with van der Waals surface area (Å²) in [6.07, 6.45) is 2.26. The van der Waals surface area contributed by atoms with Crippen LogP contribution in [0.5, 0.6) is 0 Å². The van der Waals surface area contributed by atoms with E-state index in [1.807, 2.05) is 4.57 Å². The molecule has 1 amide bonds. The molecule has 1 aromatic rings. The van der Waals surface area contributed by atoms with Crippen molar-refractivity contribution in [1.29, 1.82) is 0 Å². The van der Waals surface area contributed by atoms with Gasteiger partial charge in [0.2, 0.25) is 5.91 Å². The number of nitrogens with zero attached hydrogens (tertiary/aromatic N) is 2. The van der Waals surface area contributed by atoms with Crippen LogP contribution >= 0.6 is 12.2 Å². The normalized spacial score (nSPS) is 10.6. The minimum Gasteiger partial charge on any atom is -0.383 e. The summed E-state index contributed by atoms with van der Waals surface area (Å²) < 4.78 is 7.32. The molecule has 0 unspecified atom stereocenters. The molecule has 1 heterocycles. The van der Waals surface area contributed by atoms with Crippen LogP contribution in [0.4, 0.5) is 0 Å². The van der Waals surface area contributed by atoms with Crippen molar-refractivity contribution in [3.63, 3.8) is 0 Å². The molecule has 0 radical (unpaired) electrons. The van der Waals surface area contributed by atoms with Crippen molar-refractivity contribution >= 4 is 18.1 Å². The Labute approximate surface area is 112 Å². The monoisotopic (exact) mass is 272 g/mol. The number of hydrogen-bond acceptors (Lipinski definition) is 4. The number of methoxy groups -OCH3 is 1. The van der Waals surface area contributed by atoms with Crippen molar-refractivity contribution < 1.29 is 9.53 Å². The number of carbonyl (C=O) groups excluding carboxylic acids is 1. The number of ether oxygens (including phenoxy) is 1. The second-order valence-corrected chi connectivity index (χ2v) is 4.33. The third-order valence-corrected chi connectivity index (χ3v) is 2.81. The second kappa shape index (κ2) is 7.99. The van der Waals surface area contributed by atoms with Gasteiger partial charge in [-0.15, -0.1) is 0 Å². The first kappa shape index (κ1) is 14.8. The molecule has 7 heteroatoms. The zero-order valence-electron chi connectivity index (χ0n) is 10.9. The number of carbonyl (C=O) groups is 1. The lowest BCUT2D eigenvalue weighted by molar-refractivity contribution is -0.121. The van der Waals surface area contributed by atoms with Gasteiger partial charge in [-0.2, -0.15) is 5.10 Å². The van der Waals surface area contributed by atoms with Gasteiger partial charge in [-0.25, -0.2) is 0 Å². The quantitative estimate of drug-likeness (QED) is 0.548. The summed E-state index contributed by atoms with van der Waals surface area (Å²) in [5.41, 5.74) is 0. The Morgan fingerprint density at radius 1 is 1.61 bits per heavy atom. The Morgan fingerprint density at radius 3 is 3.06 bits per heavy atom. The predicted molar refractivity (Wildman–Crippen MR) is 70.9 cm³/mol. The fourth-order valence-electron chi connectivity index (χ4n) is 1.59. The van der Waals surface area contributed by atoms with E-state index in [9.17, 15) is 4.79 Å². The summed E-state index contributed by atoms with van der Waals surface area (Å²) in [6.45, 7) is 3.70. The first-order chi connectivity index (χ1) is 8.69. The van der Waals surface area contributed by atoms with Gasteiger partial charge in [0.1, 0.15) is 5.82 Å². The van der Waals surface area contributed by atoms with Crippen molar-refractivity contribution in [2.24, 2.45) is 0 Å². The van der Waals surface area contributed by atoms with Gasteiger partial charge in [-0.05, 0) is 18.6 Å². The van der Waals surface area contributed by atoms with Gasteiger partial charge >= 0.3 is 0 Å². The van der Waals surface area contributed by atoms with Gasteiger partial charge in [0.05, 0.1) is 6.61 Å². The van der Waals surface area contributed by atoms with Gasteiger partial charge in [0, 0.05) is 33.0 Å². The summed E-state index contributed by atoms with van der Waals surface area (Å²) in [5.74, 6) is 0.907. The number of aromatic amines is 1. The van der Waals surface area contributed by atoms with E-state index in [0.29, 0.717) is 30.9 Å². The fourth-order valence-corrected chi connectivity index (χ4v) is 1.83. The molecule has 0 saturated heterocycles. The number of aryl methyl sites for hydroxylation is 1. The molecule has 2 N–H and O–H groups in total. The number of rotatable bonds is 8. The number of hydrogen-bond donors (Lipinski definition) is 2. The van der Waals surface area contributed by atoms with E-state index in [0.717, 1.165) is 18.7 Å². The highest BCUT2D eigenvalue weighted by atomic mass is 32.1. The Balaban J connectivity index is 2.45. The molecule has 0 aliphatic carbocycles. The first-order valence-corrected chi connectivity index (χ1v) is 6.49. The molecule has 0 saturated carbocycles. The van der Waals surface area contributed by atoms with Crippen LogP contribution in [0.3, 0.4) is 0 Å². The average Bonchev–Trinajstić information content (AvgIpc) is 2.69. The maximum absolute atomic E-state index is 11.5. The standard InChI is InChI=1S/C11H20N4O2S/c1-3-4-9-13-14-11(18)15(9)7-5-10(16)12-6-8-17-2/h3-8H2,1-2H3,(H,12,16)(H,14,18). The third kappa shape index (κ3) is 4.58. The van der Waals surface area contributed by atoms with E-state index in [2.05, 4.69) is 22.4 Å². The van der Waals surface area contributed by atoms with Crippen LogP contribution in [-0.4, -0.2) is 40.9 Å². The minimum atomic E-state index is -0.00222. The maximum atomic E-state index is 11.5. The van der Waals surface area contributed by atoms with Crippen molar-refractivity contribution in [1.82, 2.24) is 20.1 Å². The lowest BCUT2D eigenvalue weighted by Gasteiger charge is -2.07. The third-order valence-electron chi connectivity index (χ3n) is 2.50. The Bertz CT molecular complexity index is 427. The molecule has 0 aliphatic rings. The molecular weight excluding hydrogens is 252 g/mol. The van der Waals surface area contributed by atoms with Crippen molar-refractivity contribution in [3.8, 4) is 0 Å². The number of nitrogens with one attached hydrogen (secondary N) is 2. The molecule has 0 aliphatic heterocycles. The molecular formula is C11H20N4O2S. The van der Waals surface area contributed by atoms with E-state index in [1.54, 1.807) is 7.11 Å². The Hall–Kier alpha value is -1.21. The van der Waals surface area contributed by atoms with Crippen LogP contribution in [0.2, 0.25) is 0 Å². The summed E-state index contributed by atoms with van der Waals surface area (Å²) in [4.78, 5) is 11.5. The molecule has 18 heavy (non-hydrogen) atoms. The van der Waals surface area contributed by atoms with Crippen LogP contribution in [0, 0.1) is 4.77 Å². The fraction of sp³-hybridized carbons (Fsp3) is 0.727. The van der Waals surface area contributed by atoms with Gasteiger partial charge in [-0.3, -0.25) is 9.89 Å². The van der Waals surface area contributed by atoms with E-state index in [-0.39, 0.29) is 5.91 Å². The molecule has 102 valence electrons. The molecule has 1 aromatic heterocycles. The van der Waals surface area contributed by atoms with Gasteiger partial charge in [0.25, 0.3) is 0 Å². The van der Waals surface area contributed by atoms with Crippen molar-refractivity contribution in [2.45, 2.75) is 32.7 Å². The van der Waals surface area contributed by atoms with E-state index < -0.39 is 0 Å². The largest absolute Gasteiger partial charge is 0.383 e. The molecule has 0 spiro atoms. The summed E-state index contributed by atoms with van der Waals surface area (Å²) in [5, 5.41) is 9.69. The van der Waals surface area contributed by atoms with Gasteiger partial charge < -0.3 is 14.6 Å². The molecule has 0 atom stereocenters. The first-order valence-electron chi connectivity index (χ1n) is 6.08. The SMILES string of the molecule is CCCc1n[nH]c(=S)n1CCC(=O)NCCOC. The predicted octanol–water partition coefficient (Wildman–Crippen LogP) is 1.05. The highest BCUT2D eigenvalue weighted by Crippen LogP contribution is 2.02. The highest BCUT2D eigenvalue weighted by Gasteiger charge is 2.07. The molecule has 6 nitrogen and oxygen atoms in total. The molecule has 0 fully saturated rings. The highest BCUT2D eigenvalue weighted by molar-refractivity contribution is 7.71. The topological polar surface area (TPSA) is 71.9 Å². The van der Waals surface area contributed by atoms with Crippen LogP contribution in [0.15, 0.2) is 0 Å². The van der Waals surface area contributed by atoms with E-state index in [4.69, 9.17) is 17.0 Å². The zero-order valence-corrected chi connectivity index (χ0v) is 11.7. The van der Waals surface area contributed by atoms with Crippen molar-refractivity contribution in [3.05, 3.63) is 10.6 Å². The van der Waals surface area contributed by atoms with Crippen LogP contribution in [0.25, 0.3) is 0 Å². The molecule has 0 bridgehead atoms. The smallest absolute Gasteiger partial charge is 0.221 e. The maximum Gasteiger partial charge on any atom is 0.221 e. The Morgan fingerprint density at radius 2 is 2.39 bits per heavy atom. The van der Waals surface area contributed by atoms with E-state index >= 15 is 0 Å². The van der Waals surface area contributed by atoms with Crippen LogP contribution in [0.1, 0.15) is 25.6 Å². The van der Waals surface area contributed by atoms with Crippen LogP contribution in [-0.2, 0) is 22.5 Å². The number of amides is 1. The van der Waals surface area contributed by atoms with E-state index in [1.165, 1.54) is 0 Å². The lowest BCUT2D eigenvalue weighted by atomic mass is 10.3. The zero-order chi connectivity index (χ0) is 13.4.